The fourth-order valence-corrected chi connectivity index (χ4v) is 21.7. The fourth-order valence-electron chi connectivity index (χ4n) is 14.1. The second-order valence-corrected chi connectivity index (χ2v) is 34.0. The van der Waals surface area contributed by atoms with E-state index in [2.05, 4.69) is 125 Å². The lowest BCUT2D eigenvalue weighted by atomic mass is 9.86. The summed E-state index contributed by atoms with van der Waals surface area (Å²) in [6.45, 7) is 29.7. The molecule has 1 aliphatic rings. The number of carbonyl (C=O) groups is 1. The molecular weight excluding hydrogens is 1280 g/mol. The van der Waals surface area contributed by atoms with Gasteiger partial charge in [-0.2, -0.15) is 0 Å². The summed E-state index contributed by atoms with van der Waals surface area (Å²) in [6.07, 6.45) is 29.5. The zero-order chi connectivity index (χ0) is 66.3. The number of benzene rings is 3. The molecule has 1 aliphatic carbocycles. The number of ether oxygens (including phenoxy) is 5. The quantitative estimate of drug-likeness (QED) is 0.0354. The van der Waals surface area contributed by atoms with Gasteiger partial charge in [-0.1, -0.05) is 202 Å². The molecule has 1 fully saturated rings. The van der Waals surface area contributed by atoms with E-state index < -0.39 is 0 Å². The summed E-state index contributed by atoms with van der Waals surface area (Å²) in [5, 5.41) is 5.91. The number of unbranched alkanes of at least 4 members (excludes halogenated alkanes) is 5. The topological polar surface area (TPSA) is 76.1 Å². The molecular formula is C81H111NO6S6. The lowest BCUT2D eigenvalue weighted by Crippen LogP contribution is -2.22. The SMILES string of the molecule is CCCCC(CC)CCc1nc2c(-c3cc4c(OCC(CC)CCCC)c5sc(C6CCC(OC(C)=O)CC6)cc5c(OCC(CC)CCCC)c4s3)sc(-c3cc4c(OCC(CC)CCCC)c5sc(-c6ccc(C)cc6)cc5c(OCC(CC)CCCC)c4s3)c2s1. The van der Waals surface area contributed by atoms with Gasteiger partial charge in [-0.3, -0.25) is 4.79 Å². The third-order valence-electron chi connectivity index (χ3n) is 20.6. The Kier molecular flexibility index (Phi) is 27.4. The Hall–Kier alpha value is -4.24. The molecule has 0 aliphatic heterocycles. The Morgan fingerprint density at radius 3 is 1.30 bits per heavy atom. The summed E-state index contributed by atoms with van der Waals surface area (Å²) in [5.41, 5.74) is 3.62. The van der Waals surface area contributed by atoms with E-state index in [4.69, 9.17) is 28.7 Å². The maximum Gasteiger partial charge on any atom is 0.302 e. The van der Waals surface area contributed by atoms with Gasteiger partial charge in [-0.05, 0) is 136 Å². The van der Waals surface area contributed by atoms with Gasteiger partial charge < -0.3 is 23.7 Å². The normalized spacial score (nSPS) is 16.2. The lowest BCUT2D eigenvalue weighted by Gasteiger charge is -2.27. The van der Waals surface area contributed by atoms with Gasteiger partial charge in [0, 0.05) is 48.0 Å². The highest BCUT2D eigenvalue weighted by atomic mass is 32.1. The van der Waals surface area contributed by atoms with Crippen molar-refractivity contribution in [2.75, 3.05) is 26.4 Å². The predicted molar refractivity (Wildman–Crippen MR) is 414 cm³/mol. The average molecular weight is 1390 g/mol. The Morgan fingerprint density at radius 2 is 0.862 bits per heavy atom. The molecule has 6 heterocycles. The fraction of sp³-hybridized carbons (Fsp3) is 0.605. The number of hydrogen-bond acceptors (Lipinski definition) is 13. The van der Waals surface area contributed by atoms with E-state index in [1.165, 1.54) is 170 Å². The molecule has 7 nitrogen and oxygen atoms in total. The van der Waals surface area contributed by atoms with E-state index >= 15 is 0 Å². The van der Waals surface area contributed by atoms with Gasteiger partial charge in [0.2, 0.25) is 0 Å². The first-order valence-electron chi connectivity index (χ1n) is 37.1. The zero-order valence-electron chi connectivity index (χ0n) is 59.2. The molecule has 0 radical (unpaired) electrons. The maximum absolute atomic E-state index is 12.1. The summed E-state index contributed by atoms with van der Waals surface area (Å²) in [6, 6.07) is 18.9. The molecule has 0 bridgehead atoms. The molecule has 94 heavy (non-hydrogen) atoms. The van der Waals surface area contributed by atoms with Crippen LogP contribution in [0.3, 0.4) is 0 Å². The second-order valence-electron chi connectivity index (χ2n) is 27.6. The molecule has 13 heteroatoms. The van der Waals surface area contributed by atoms with Gasteiger partial charge in [-0.15, -0.1) is 68.0 Å². The molecule has 0 N–H and O–H groups in total. The summed E-state index contributed by atoms with van der Waals surface area (Å²) in [7, 11) is 0. The number of thiophene rings is 5. The number of aryl methyl sites for hydroxylation is 2. The van der Waals surface area contributed by atoms with E-state index in [9.17, 15) is 4.79 Å². The number of carbonyl (C=O) groups excluding carboxylic acids is 1. The highest BCUT2D eigenvalue weighted by Gasteiger charge is 2.32. The minimum absolute atomic E-state index is 0.00483. The van der Waals surface area contributed by atoms with Crippen LogP contribution in [-0.2, 0) is 16.0 Å². The minimum Gasteiger partial charge on any atom is -0.491 e. The van der Waals surface area contributed by atoms with Crippen LogP contribution in [0.1, 0.15) is 258 Å². The van der Waals surface area contributed by atoms with Crippen LogP contribution in [0.15, 0.2) is 48.5 Å². The highest BCUT2D eigenvalue weighted by molar-refractivity contribution is 7.34. The Balaban J connectivity index is 1.19. The smallest absolute Gasteiger partial charge is 0.302 e. The van der Waals surface area contributed by atoms with Gasteiger partial charge in [0.05, 0.1) is 64.7 Å². The first kappa shape index (κ1) is 72.5. The number of fused-ring (bicyclic) bond motifs is 5. The molecule has 3 aromatic carbocycles. The van der Waals surface area contributed by atoms with E-state index in [1.54, 1.807) is 6.92 Å². The molecule has 6 aromatic heterocycles. The van der Waals surface area contributed by atoms with Gasteiger partial charge in [0.25, 0.3) is 0 Å². The van der Waals surface area contributed by atoms with Crippen LogP contribution in [0.2, 0.25) is 0 Å². The molecule has 0 spiro atoms. The second kappa shape index (κ2) is 35.5. The third-order valence-corrected chi connectivity index (χ3v) is 28.1. The number of hydrogen-bond donors (Lipinski definition) is 0. The van der Waals surface area contributed by atoms with E-state index in [0.717, 1.165) is 116 Å². The van der Waals surface area contributed by atoms with Gasteiger partial charge in [-0.25, -0.2) is 4.98 Å². The van der Waals surface area contributed by atoms with Crippen molar-refractivity contribution in [2.24, 2.45) is 29.6 Å². The van der Waals surface area contributed by atoms with Crippen molar-refractivity contribution in [3.63, 3.8) is 0 Å². The van der Waals surface area contributed by atoms with Crippen LogP contribution in [0.5, 0.6) is 23.0 Å². The monoisotopic (exact) mass is 1390 g/mol. The van der Waals surface area contributed by atoms with Crippen LogP contribution in [0.25, 0.3) is 80.5 Å². The third kappa shape index (κ3) is 17.4. The van der Waals surface area contributed by atoms with Crippen molar-refractivity contribution in [3.8, 4) is 52.9 Å². The summed E-state index contributed by atoms with van der Waals surface area (Å²) >= 11 is 11.4. The van der Waals surface area contributed by atoms with Crippen molar-refractivity contribution in [1.82, 2.24) is 4.98 Å². The number of aromatic nitrogens is 1. The predicted octanol–water partition coefficient (Wildman–Crippen LogP) is 27.6. The Labute approximate surface area is 588 Å². The van der Waals surface area contributed by atoms with E-state index in [0.29, 0.717) is 61.9 Å². The highest BCUT2D eigenvalue weighted by Crippen LogP contribution is 2.59. The van der Waals surface area contributed by atoms with Crippen LogP contribution in [-0.4, -0.2) is 43.5 Å². The van der Waals surface area contributed by atoms with Crippen molar-refractivity contribution < 1.29 is 28.5 Å². The lowest BCUT2D eigenvalue weighted by molar-refractivity contribution is -0.147. The Morgan fingerprint density at radius 1 is 0.457 bits per heavy atom. The van der Waals surface area contributed by atoms with Crippen LogP contribution < -0.4 is 18.9 Å². The van der Waals surface area contributed by atoms with Gasteiger partial charge in [0.1, 0.15) is 34.6 Å². The largest absolute Gasteiger partial charge is 0.491 e. The molecule has 0 amide bonds. The first-order chi connectivity index (χ1) is 45.9. The number of nitrogens with zero attached hydrogens (tertiary/aromatic N) is 1. The summed E-state index contributed by atoms with van der Waals surface area (Å²) < 4.78 is 41.4. The Bertz CT molecular complexity index is 3680. The summed E-state index contributed by atoms with van der Waals surface area (Å²) in [5.74, 6) is 6.82. The summed E-state index contributed by atoms with van der Waals surface area (Å²) in [4.78, 5) is 25.5. The van der Waals surface area contributed by atoms with Crippen LogP contribution >= 0.6 is 68.0 Å². The first-order valence-corrected chi connectivity index (χ1v) is 42.0. The van der Waals surface area contributed by atoms with Crippen molar-refractivity contribution in [3.05, 3.63) is 64.0 Å². The zero-order valence-corrected chi connectivity index (χ0v) is 64.1. The minimum atomic E-state index is -0.178. The van der Waals surface area contributed by atoms with E-state index in [-0.39, 0.29) is 12.1 Å². The van der Waals surface area contributed by atoms with Crippen LogP contribution in [0.4, 0.5) is 0 Å². The van der Waals surface area contributed by atoms with Crippen molar-refractivity contribution >= 4 is 125 Å². The molecule has 10 rings (SSSR count). The molecule has 9 aromatic rings. The number of rotatable bonds is 40. The van der Waals surface area contributed by atoms with Gasteiger partial charge in [0.15, 0.2) is 0 Å². The maximum atomic E-state index is 12.1. The molecule has 512 valence electrons. The number of thiazole rings is 1. The van der Waals surface area contributed by atoms with Crippen molar-refractivity contribution in [2.45, 2.75) is 262 Å². The molecule has 1 saturated carbocycles. The number of esters is 1. The van der Waals surface area contributed by atoms with Gasteiger partial charge >= 0.3 is 5.97 Å². The molecule has 5 unspecified atom stereocenters. The molecule has 5 atom stereocenters. The molecule has 0 saturated heterocycles. The average Bonchev–Trinajstić information content (AvgIpc) is 1.57. The standard InChI is InChI=1S/C81H111NO6S6/c1-13-23-28-53(18-6)35-42-69-82-70-79(67-45-63-73(86-49-56(21-9)31-26-16-4)75-62(71(77(63)91-67)84-47-54(19-7)29-24-14-2)44-66(90-75)59-38-40-60(41-39-59)88-52(12)83)94-80(81(70)93-69)68-46-64-74(87-50-57(22-10)32-27-17-5)76-61(43-65(89-76)58-36-33-51(11)34-37-58)72(78(64)92-68)85-48-55(20-8)30-25-15-3/h33-34,36-37,43-46,53-57,59-60H,13-32,35,38-42,47-50H2,1-12H3. The van der Waals surface area contributed by atoms with Crippen LogP contribution in [0, 0.1) is 36.5 Å². The van der Waals surface area contributed by atoms with Crippen molar-refractivity contribution in [1.29, 1.82) is 0 Å². The van der Waals surface area contributed by atoms with E-state index in [1.807, 2.05) is 68.0 Å².